The lowest BCUT2D eigenvalue weighted by Crippen LogP contribution is -2.39. The molecule has 0 aliphatic heterocycles. The van der Waals surface area contributed by atoms with Crippen molar-refractivity contribution in [1.82, 2.24) is 0 Å². The summed E-state index contributed by atoms with van der Waals surface area (Å²) in [5.41, 5.74) is 8.83. The van der Waals surface area contributed by atoms with Gasteiger partial charge in [-0.15, -0.1) is 0 Å². The van der Waals surface area contributed by atoms with Crippen LogP contribution in [0.3, 0.4) is 0 Å². The highest BCUT2D eigenvalue weighted by Gasteiger charge is 2.22. The van der Waals surface area contributed by atoms with E-state index in [0.29, 0.717) is 6.42 Å². The van der Waals surface area contributed by atoms with Gasteiger partial charge in [-0.1, -0.05) is 6.92 Å². The summed E-state index contributed by atoms with van der Waals surface area (Å²) in [4.78, 5) is 0. The highest BCUT2D eigenvalue weighted by Crippen LogP contribution is 2.10. The molecule has 3 heteroatoms. The molecule has 0 saturated carbocycles. The lowest BCUT2D eigenvalue weighted by atomic mass is 10.0. The van der Waals surface area contributed by atoms with E-state index in [2.05, 4.69) is 0 Å². The van der Waals surface area contributed by atoms with Gasteiger partial charge in [-0.25, -0.2) is 4.39 Å². The fourth-order valence-corrected chi connectivity index (χ4v) is 0.372. The maximum Gasteiger partial charge on any atom is 0.135 e. The van der Waals surface area contributed by atoms with Crippen LogP contribution >= 0.6 is 0 Å². The second kappa shape index (κ2) is 2.99. The van der Waals surface area contributed by atoms with E-state index in [0.717, 1.165) is 0 Å². The summed E-state index contributed by atoms with van der Waals surface area (Å²) in [6.07, 6.45) is 0.403. The Morgan fingerprint density at radius 3 is 1.75 bits per heavy atom. The smallest absolute Gasteiger partial charge is 0.135 e. The van der Waals surface area contributed by atoms with E-state index in [1.54, 1.807) is 6.92 Å². The zero-order valence-electron chi connectivity index (χ0n) is 5.15. The minimum Gasteiger partial charge on any atom is -0.327 e. The average molecular weight is 120 g/mol. The van der Waals surface area contributed by atoms with Gasteiger partial charge in [0.15, 0.2) is 0 Å². The van der Waals surface area contributed by atoms with Crippen LogP contribution in [0.2, 0.25) is 0 Å². The first-order valence-electron chi connectivity index (χ1n) is 2.77. The minimum absolute atomic E-state index is 0.0278. The molecule has 0 aliphatic carbocycles. The third-order valence-corrected chi connectivity index (χ3v) is 1.37. The lowest BCUT2D eigenvalue weighted by molar-refractivity contribution is 0.178. The second-order valence-electron chi connectivity index (χ2n) is 1.91. The van der Waals surface area contributed by atoms with Crippen molar-refractivity contribution in [2.75, 3.05) is 13.1 Å². The van der Waals surface area contributed by atoms with Crippen LogP contribution in [0.5, 0.6) is 0 Å². The average Bonchev–Trinajstić information content (AvgIpc) is 1.87. The molecule has 0 spiro atoms. The van der Waals surface area contributed by atoms with E-state index < -0.39 is 5.67 Å². The molecule has 0 heterocycles. The Kier molecular flexibility index (Phi) is 2.94. The van der Waals surface area contributed by atoms with E-state index >= 15 is 0 Å². The van der Waals surface area contributed by atoms with Crippen molar-refractivity contribution in [3.63, 3.8) is 0 Å². The molecule has 0 atom stereocenters. The Hall–Kier alpha value is -0.150. The monoisotopic (exact) mass is 120 g/mol. The quantitative estimate of drug-likeness (QED) is 0.551. The number of alkyl halides is 1. The van der Waals surface area contributed by atoms with Crippen LogP contribution < -0.4 is 11.5 Å². The normalized spacial score (nSPS) is 12.0. The van der Waals surface area contributed by atoms with Gasteiger partial charge in [-0.05, 0) is 6.42 Å². The van der Waals surface area contributed by atoms with Gasteiger partial charge in [-0.2, -0.15) is 0 Å². The highest BCUT2D eigenvalue weighted by molar-refractivity contribution is 4.78. The van der Waals surface area contributed by atoms with Gasteiger partial charge in [0.2, 0.25) is 0 Å². The van der Waals surface area contributed by atoms with E-state index in [9.17, 15) is 4.39 Å². The maximum absolute atomic E-state index is 12.7. The molecule has 0 aromatic heterocycles. The summed E-state index contributed by atoms with van der Waals surface area (Å²) in [5, 5.41) is 0. The van der Waals surface area contributed by atoms with Gasteiger partial charge in [0.05, 0.1) is 0 Å². The van der Waals surface area contributed by atoms with Crippen molar-refractivity contribution in [3.8, 4) is 0 Å². The lowest BCUT2D eigenvalue weighted by Gasteiger charge is -2.18. The zero-order valence-corrected chi connectivity index (χ0v) is 5.15. The standard InChI is InChI=1S/C5H13FN2/c1-2-5(6,3-7)4-8/h2-4,7-8H2,1H3. The van der Waals surface area contributed by atoms with Crippen LogP contribution in [0.1, 0.15) is 13.3 Å². The summed E-state index contributed by atoms with van der Waals surface area (Å²) >= 11 is 0. The van der Waals surface area contributed by atoms with E-state index in [4.69, 9.17) is 11.5 Å². The van der Waals surface area contributed by atoms with Crippen molar-refractivity contribution in [1.29, 1.82) is 0 Å². The van der Waals surface area contributed by atoms with Gasteiger partial charge < -0.3 is 11.5 Å². The molecule has 0 unspecified atom stereocenters. The van der Waals surface area contributed by atoms with E-state index in [1.165, 1.54) is 0 Å². The molecule has 0 aliphatic rings. The number of hydrogen-bond donors (Lipinski definition) is 2. The predicted octanol–water partition coefficient (Wildman–Crippen LogP) is 0.0221. The van der Waals surface area contributed by atoms with Crippen molar-refractivity contribution in [3.05, 3.63) is 0 Å². The van der Waals surface area contributed by atoms with Gasteiger partial charge in [-0.3, -0.25) is 0 Å². The van der Waals surface area contributed by atoms with Crippen molar-refractivity contribution >= 4 is 0 Å². The third kappa shape index (κ3) is 1.76. The summed E-state index contributed by atoms with van der Waals surface area (Å²) in [5.74, 6) is 0. The first kappa shape index (κ1) is 7.85. The Balaban J connectivity index is 3.58. The second-order valence-corrected chi connectivity index (χ2v) is 1.91. The molecule has 2 nitrogen and oxygen atoms in total. The van der Waals surface area contributed by atoms with Gasteiger partial charge in [0.25, 0.3) is 0 Å². The summed E-state index contributed by atoms with van der Waals surface area (Å²) in [7, 11) is 0. The molecule has 0 rings (SSSR count). The third-order valence-electron chi connectivity index (χ3n) is 1.37. The molecule has 4 N–H and O–H groups in total. The van der Waals surface area contributed by atoms with Crippen LogP contribution in [0.15, 0.2) is 0 Å². The largest absolute Gasteiger partial charge is 0.327 e. The fourth-order valence-electron chi connectivity index (χ4n) is 0.372. The Morgan fingerprint density at radius 1 is 1.38 bits per heavy atom. The molecule has 0 bridgehead atoms. The van der Waals surface area contributed by atoms with Crippen molar-refractivity contribution < 1.29 is 4.39 Å². The summed E-state index contributed by atoms with van der Waals surface area (Å²) in [6, 6.07) is 0. The molecule has 8 heavy (non-hydrogen) atoms. The first-order valence-corrected chi connectivity index (χ1v) is 2.77. The zero-order chi connectivity index (χ0) is 6.62. The van der Waals surface area contributed by atoms with Crippen molar-refractivity contribution in [2.45, 2.75) is 19.0 Å². The first-order chi connectivity index (χ1) is 3.68. The highest BCUT2D eigenvalue weighted by atomic mass is 19.1. The van der Waals surface area contributed by atoms with Crippen LogP contribution in [0.25, 0.3) is 0 Å². The number of nitrogens with two attached hydrogens (primary N) is 2. The number of hydrogen-bond acceptors (Lipinski definition) is 2. The fraction of sp³-hybridized carbons (Fsp3) is 1.00. The molecule has 0 fully saturated rings. The molecule has 50 valence electrons. The Bertz CT molecular complexity index is 53.2. The molecular weight excluding hydrogens is 107 g/mol. The van der Waals surface area contributed by atoms with Gasteiger partial charge >= 0.3 is 0 Å². The van der Waals surface area contributed by atoms with Crippen LogP contribution in [-0.2, 0) is 0 Å². The molecule has 0 radical (unpaired) electrons. The number of rotatable bonds is 3. The minimum atomic E-state index is -1.32. The SMILES string of the molecule is CCC(F)(CN)CN. The Labute approximate surface area is 49.0 Å². The topological polar surface area (TPSA) is 52.0 Å². The van der Waals surface area contributed by atoms with Gasteiger partial charge in [0, 0.05) is 13.1 Å². The molecule has 0 aromatic carbocycles. The molecule has 0 aromatic rings. The molecule has 0 amide bonds. The van der Waals surface area contributed by atoms with Crippen molar-refractivity contribution in [2.24, 2.45) is 11.5 Å². The molecule has 0 saturated heterocycles. The predicted molar refractivity (Wildman–Crippen MR) is 32.2 cm³/mol. The van der Waals surface area contributed by atoms with Crippen LogP contribution in [0, 0.1) is 0 Å². The van der Waals surface area contributed by atoms with E-state index in [-0.39, 0.29) is 13.1 Å². The summed E-state index contributed by atoms with van der Waals surface area (Å²) in [6.45, 7) is 1.79. The van der Waals surface area contributed by atoms with Crippen LogP contribution in [-0.4, -0.2) is 18.8 Å². The van der Waals surface area contributed by atoms with Crippen LogP contribution in [0.4, 0.5) is 4.39 Å². The summed E-state index contributed by atoms with van der Waals surface area (Å²) < 4.78 is 12.7. The maximum atomic E-state index is 12.7. The van der Waals surface area contributed by atoms with Gasteiger partial charge in [0.1, 0.15) is 5.67 Å². The molecular formula is C5H13FN2. The Morgan fingerprint density at radius 2 is 1.75 bits per heavy atom. The van der Waals surface area contributed by atoms with E-state index in [1.807, 2.05) is 0 Å². The number of halogens is 1.